The van der Waals surface area contributed by atoms with Crippen molar-refractivity contribution in [1.29, 1.82) is 0 Å². The summed E-state index contributed by atoms with van der Waals surface area (Å²) in [5.41, 5.74) is 1.19. The summed E-state index contributed by atoms with van der Waals surface area (Å²) >= 11 is 13.1. The molecule has 0 N–H and O–H groups in total. The van der Waals surface area contributed by atoms with E-state index in [4.69, 9.17) is 27.9 Å². The molecule has 2 heterocycles. The number of carbonyl (C=O) groups excluding carboxylic acids is 1. The highest BCUT2D eigenvalue weighted by molar-refractivity contribution is 7.92. The molecule has 0 radical (unpaired) electrons. The lowest BCUT2D eigenvalue weighted by Crippen LogP contribution is -2.37. The van der Waals surface area contributed by atoms with E-state index in [1.54, 1.807) is 39.1 Å². The highest BCUT2D eigenvalue weighted by Gasteiger charge is 2.32. The molecule has 0 saturated carbocycles. The molecule has 0 bridgehead atoms. The van der Waals surface area contributed by atoms with Gasteiger partial charge in [0.15, 0.2) is 0 Å². The van der Waals surface area contributed by atoms with Gasteiger partial charge in [-0.25, -0.2) is 13.4 Å². The van der Waals surface area contributed by atoms with Gasteiger partial charge >= 0.3 is 0 Å². The Morgan fingerprint density at radius 3 is 2.40 bits per heavy atom. The first-order valence-electron chi connectivity index (χ1n) is 8.55. The van der Waals surface area contributed by atoms with E-state index < -0.39 is 15.9 Å². The lowest BCUT2D eigenvalue weighted by Gasteiger charge is -2.19. The summed E-state index contributed by atoms with van der Waals surface area (Å²) in [6, 6.07) is 4.79. The third-order valence-corrected chi connectivity index (χ3v) is 6.43. The third-order valence-electron chi connectivity index (χ3n) is 4.16. The molecule has 0 aliphatic carbocycles. The quantitative estimate of drug-likeness (QED) is 0.520. The van der Waals surface area contributed by atoms with Gasteiger partial charge in [-0.3, -0.25) is 9.48 Å². The van der Waals surface area contributed by atoms with Crippen LogP contribution in [0.5, 0.6) is 5.75 Å². The Bertz CT molecular complexity index is 1200. The van der Waals surface area contributed by atoms with Crippen LogP contribution < -0.4 is 9.04 Å². The van der Waals surface area contributed by atoms with Crippen LogP contribution >= 0.6 is 34.5 Å². The van der Waals surface area contributed by atoms with Crippen LogP contribution in [-0.4, -0.2) is 35.3 Å². The number of sulfonamides is 1. The SMILES string of the molecule is Cc1nn(C)c(C)c1N(C(=O)c1csc(COc2cc(Cl)cc(Cl)c2)n1)S(C)(=O)=O. The summed E-state index contributed by atoms with van der Waals surface area (Å²) in [6.07, 6.45) is 0.968. The molecule has 30 heavy (non-hydrogen) atoms. The molecule has 2 aromatic heterocycles. The smallest absolute Gasteiger partial charge is 0.291 e. The Morgan fingerprint density at radius 2 is 1.87 bits per heavy atom. The zero-order valence-corrected chi connectivity index (χ0v) is 19.7. The van der Waals surface area contributed by atoms with Crippen LogP contribution in [0.1, 0.15) is 26.9 Å². The number of thiazole rings is 1. The van der Waals surface area contributed by atoms with Gasteiger partial charge in [-0.2, -0.15) is 9.40 Å². The van der Waals surface area contributed by atoms with Crippen molar-refractivity contribution >= 4 is 56.2 Å². The number of halogens is 2. The predicted octanol–water partition coefficient (Wildman–Crippen LogP) is 3.99. The van der Waals surface area contributed by atoms with Gasteiger partial charge in [0.1, 0.15) is 28.7 Å². The molecule has 12 heteroatoms. The number of amides is 1. The van der Waals surface area contributed by atoms with E-state index in [0.29, 0.717) is 32.2 Å². The molecule has 1 amide bonds. The summed E-state index contributed by atoms with van der Waals surface area (Å²) in [5.74, 6) is -0.306. The molecule has 0 fully saturated rings. The minimum atomic E-state index is -3.92. The number of hydrogen-bond donors (Lipinski definition) is 0. The van der Waals surface area contributed by atoms with Crippen molar-refractivity contribution in [3.63, 3.8) is 0 Å². The van der Waals surface area contributed by atoms with Crippen LogP contribution in [0.4, 0.5) is 5.69 Å². The Labute approximate surface area is 188 Å². The second-order valence-corrected chi connectivity index (χ2v) is 10.1. The Balaban J connectivity index is 1.86. The Hall–Kier alpha value is -2.14. The van der Waals surface area contributed by atoms with E-state index >= 15 is 0 Å². The fourth-order valence-electron chi connectivity index (χ4n) is 2.81. The maximum atomic E-state index is 13.1. The first kappa shape index (κ1) is 22.5. The van der Waals surface area contributed by atoms with E-state index in [1.807, 2.05) is 0 Å². The molecule has 0 saturated heterocycles. The monoisotopic (exact) mass is 488 g/mol. The first-order chi connectivity index (χ1) is 14.0. The second kappa shape index (κ2) is 8.54. The molecule has 0 aliphatic rings. The standard InChI is InChI=1S/C18H18Cl2N4O4S2/c1-10-17(11(2)23(3)22-10)24(30(4,26)27)18(25)15-9-29-16(21-15)8-28-14-6-12(19)5-13(20)7-14/h5-7,9H,8H2,1-4H3. The highest BCUT2D eigenvalue weighted by Crippen LogP contribution is 2.29. The van der Waals surface area contributed by atoms with E-state index in [1.165, 1.54) is 21.4 Å². The maximum Gasteiger partial charge on any atom is 0.291 e. The molecular formula is C18H18Cl2N4O4S2. The van der Waals surface area contributed by atoms with Crippen molar-refractivity contribution < 1.29 is 17.9 Å². The number of benzene rings is 1. The van der Waals surface area contributed by atoms with Crippen molar-refractivity contribution in [3.05, 3.63) is 55.7 Å². The number of anilines is 1. The lowest BCUT2D eigenvalue weighted by molar-refractivity contribution is 0.100. The van der Waals surface area contributed by atoms with Gasteiger partial charge in [0, 0.05) is 22.5 Å². The average Bonchev–Trinajstić information content (AvgIpc) is 3.18. The number of aromatic nitrogens is 3. The topological polar surface area (TPSA) is 94.4 Å². The Kier molecular flexibility index (Phi) is 6.42. The summed E-state index contributed by atoms with van der Waals surface area (Å²) in [5, 5.41) is 7.04. The predicted molar refractivity (Wildman–Crippen MR) is 117 cm³/mol. The van der Waals surface area contributed by atoms with Crippen LogP contribution in [-0.2, 0) is 23.7 Å². The number of aryl methyl sites for hydroxylation is 2. The number of hydrogen-bond acceptors (Lipinski definition) is 7. The summed E-state index contributed by atoms with van der Waals surface area (Å²) in [7, 11) is -2.24. The largest absolute Gasteiger partial charge is 0.486 e. The van der Waals surface area contributed by atoms with Crippen LogP contribution in [0.25, 0.3) is 0 Å². The van der Waals surface area contributed by atoms with Crippen molar-refractivity contribution in [2.75, 3.05) is 10.6 Å². The van der Waals surface area contributed by atoms with Crippen molar-refractivity contribution in [2.45, 2.75) is 20.5 Å². The van der Waals surface area contributed by atoms with Crippen LogP contribution in [0, 0.1) is 13.8 Å². The number of carbonyl (C=O) groups is 1. The Morgan fingerprint density at radius 1 is 1.23 bits per heavy atom. The molecule has 0 unspecified atom stereocenters. The normalized spacial score (nSPS) is 11.5. The van der Waals surface area contributed by atoms with Crippen molar-refractivity contribution in [3.8, 4) is 5.75 Å². The van der Waals surface area contributed by atoms with Crippen molar-refractivity contribution in [1.82, 2.24) is 14.8 Å². The van der Waals surface area contributed by atoms with Gasteiger partial charge in [0.25, 0.3) is 5.91 Å². The second-order valence-electron chi connectivity index (χ2n) is 6.50. The molecular weight excluding hydrogens is 471 g/mol. The van der Waals surface area contributed by atoms with Crippen LogP contribution in [0.15, 0.2) is 23.6 Å². The van der Waals surface area contributed by atoms with E-state index in [0.717, 1.165) is 10.6 Å². The third kappa shape index (κ3) is 4.77. The van der Waals surface area contributed by atoms with Gasteiger partial charge in [-0.1, -0.05) is 23.2 Å². The highest BCUT2D eigenvalue weighted by atomic mass is 35.5. The number of nitrogens with zero attached hydrogens (tertiary/aromatic N) is 4. The van der Waals surface area contributed by atoms with Gasteiger partial charge < -0.3 is 4.74 Å². The van der Waals surface area contributed by atoms with E-state index in [9.17, 15) is 13.2 Å². The fourth-order valence-corrected chi connectivity index (χ4v) is 4.99. The summed E-state index contributed by atoms with van der Waals surface area (Å²) in [4.78, 5) is 17.3. The molecule has 1 aromatic carbocycles. The zero-order chi connectivity index (χ0) is 22.2. The minimum absolute atomic E-state index is 0.00388. The molecule has 8 nitrogen and oxygen atoms in total. The minimum Gasteiger partial charge on any atom is -0.486 e. The van der Waals surface area contributed by atoms with E-state index in [2.05, 4.69) is 10.1 Å². The van der Waals surface area contributed by atoms with Gasteiger partial charge in [0.05, 0.1) is 17.6 Å². The average molecular weight is 489 g/mol. The summed E-state index contributed by atoms with van der Waals surface area (Å²) < 4.78 is 32.8. The molecule has 160 valence electrons. The fraction of sp³-hybridized carbons (Fsp3) is 0.278. The van der Waals surface area contributed by atoms with Gasteiger partial charge in [-0.15, -0.1) is 11.3 Å². The van der Waals surface area contributed by atoms with Crippen LogP contribution in [0.2, 0.25) is 10.0 Å². The zero-order valence-electron chi connectivity index (χ0n) is 16.5. The summed E-state index contributed by atoms with van der Waals surface area (Å²) in [6.45, 7) is 3.40. The van der Waals surface area contributed by atoms with E-state index in [-0.39, 0.29) is 18.0 Å². The molecule has 0 aliphatic heterocycles. The first-order valence-corrected chi connectivity index (χ1v) is 12.0. The van der Waals surface area contributed by atoms with Gasteiger partial charge in [0.2, 0.25) is 10.0 Å². The number of ether oxygens (including phenoxy) is 1. The molecule has 0 atom stereocenters. The molecule has 0 spiro atoms. The lowest BCUT2D eigenvalue weighted by atomic mass is 10.3. The van der Waals surface area contributed by atoms with Gasteiger partial charge in [-0.05, 0) is 32.0 Å². The van der Waals surface area contributed by atoms with Crippen LogP contribution in [0.3, 0.4) is 0 Å². The molecule has 3 aromatic rings. The maximum absolute atomic E-state index is 13.1. The van der Waals surface area contributed by atoms with Crippen molar-refractivity contribution in [2.24, 2.45) is 7.05 Å². The molecule has 3 rings (SSSR count). The number of rotatable bonds is 6.